The SMILES string of the molecule is COc1cc2[nH]nc(-c3ccc([C@@]45C[C@@H]4CN(CCO)C5)nc3)c2nc1-c1cccc2c1CCC2. The Balaban J connectivity index is 1.26. The number of fused-ring (bicyclic) bond motifs is 3. The summed E-state index contributed by atoms with van der Waals surface area (Å²) in [5.74, 6) is 1.41. The number of ether oxygens (including phenoxy) is 1. The molecule has 0 unspecified atom stereocenters. The maximum atomic E-state index is 9.30. The van der Waals surface area contributed by atoms with E-state index in [4.69, 9.17) is 14.7 Å². The summed E-state index contributed by atoms with van der Waals surface area (Å²) in [6.07, 6.45) is 6.53. The summed E-state index contributed by atoms with van der Waals surface area (Å²) in [7, 11) is 1.70. The number of H-pyrrole nitrogens is 1. The number of aromatic amines is 1. The van der Waals surface area contributed by atoms with E-state index in [2.05, 4.69) is 45.4 Å². The van der Waals surface area contributed by atoms with Crippen LogP contribution in [-0.4, -0.2) is 63.5 Å². The molecule has 3 aliphatic rings. The maximum absolute atomic E-state index is 9.30. The normalized spacial score (nSPS) is 23.0. The van der Waals surface area contributed by atoms with Gasteiger partial charge >= 0.3 is 0 Å². The maximum Gasteiger partial charge on any atom is 0.147 e. The highest BCUT2D eigenvalue weighted by Gasteiger charge is 2.61. The molecule has 1 saturated carbocycles. The fraction of sp³-hybridized carbons (Fsp3) is 0.393. The molecule has 2 atom stereocenters. The molecule has 35 heavy (non-hydrogen) atoms. The first-order valence-electron chi connectivity index (χ1n) is 12.5. The van der Waals surface area contributed by atoms with Gasteiger partial charge in [0, 0.05) is 54.1 Å². The Morgan fingerprint density at radius 2 is 2.14 bits per heavy atom. The molecular formula is C28H29N5O2. The van der Waals surface area contributed by atoms with Gasteiger partial charge in [-0.3, -0.25) is 15.0 Å². The van der Waals surface area contributed by atoms with Gasteiger partial charge in [-0.25, -0.2) is 4.98 Å². The summed E-state index contributed by atoms with van der Waals surface area (Å²) in [4.78, 5) is 12.4. The highest BCUT2D eigenvalue weighted by atomic mass is 16.5. The third kappa shape index (κ3) is 3.22. The largest absolute Gasteiger partial charge is 0.494 e. The summed E-state index contributed by atoms with van der Waals surface area (Å²) in [5, 5.41) is 17.1. The molecule has 4 aromatic rings. The van der Waals surface area contributed by atoms with Crippen LogP contribution in [0.1, 0.15) is 29.7 Å². The van der Waals surface area contributed by atoms with Gasteiger partial charge in [0.15, 0.2) is 0 Å². The number of rotatable bonds is 6. The van der Waals surface area contributed by atoms with Gasteiger partial charge in [0.05, 0.1) is 19.2 Å². The Hall–Kier alpha value is -3.29. The first kappa shape index (κ1) is 21.0. The van der Waals surface area contributed by atoms with E-state index in [-0.39, 0.29) is 12.0 Å². The van der Waals surface area contributed by atoms with Crippen molar-refractivity contribution in [3.63, 3.8) is 0 Å². The molecule has 2 fully saturated rings. The number of hydrogen-bond donors (Lipinski definition) is 2. The van der Waals surface area contributed by atoms with Crippen molar-refractivity contribution < 1.29 is 9.84 Å². The van der Waals surface area contributed by atoms with Gasteiger partial charge in [-0.05, 0) is 54.9 Å². The number of aromatic nitrogens is 4. The summed E-state index contributed by atoms with van der Waals surface area (Å²) < 4.78 is 5.75. The summed E-state index contributed by atoms with van der Waals surface area (Å²) in [6, 6.07) is 12.8. The average molecular weight is 468 g/mol. The van der Waals surface area contributed by atoms with Crippen molar-refractivity contribution >= 4 is 11.0 Å². The van der Waals surface area contributed by atoms with Crippen molar-refractivity contribution in [1.82, 2.24) is 25.1 Å². The number of aliphatic hydroxyl groups is 1. The molecule has 0 bridgehead atoms. The monoisotopic (exact) mass is 467 g/mol. The molecule has 7 nitrogen and oxygen atoms in total. The Bertz CT molecular complexity index is 1430. The van der Waals surface area contributed by atoms with E-state index in [1.807, 2.05) is 12.3 Å². The Kier molecular flexibility index (Phi) is 4.73. The van der Waals surface area contributed by atoms with Crippen LogP contribution in [0.5, 0.6) is 5.75 Å². The Morgan fingerprint density at radius 1 is 1.20 bits per heavy atom. The third-order valence-corrected chi connectivity index (χ3v) is 8.30. The molecule has 0 spiro atoms. The van der Waals surface area contributed by atoms with Crippen molar-refractivity contribution in [2.24, 2.45) is 5.92 Å². The number of β-amino-alcohol motifs (C(OH)–C–C–N with tert-alkyl or cyclic N) is 1. The van der Waals surface area contributed by atoms with Gasteiger partial charge in [-0.1, -0.05) is 18.2 Å². The van der Waals surface area contributed by atoms with Gasteiger partial charge < -0.3 is 9.84 Å². The quantitative estimate of drug-likeness (QED) is 0.449. The number of nitrogens with zero attached hydrogens (tertiary/aromatic N) is 4. The molecule has 178 valence electrons. The van der Waals surface area contributed by atoms with Crippen LogP contribution in [-0.2, 0) is 18.3 Å². The fourth-order valence-corrected chi connectivity index (χ4v) is 6.45. The van der Waals surface area contributed by atoms with E-state index in [1.165, 1.54) is 24.0 Å². The second kappa shape index (κ2) is 7.86. The highest BCUT2D eigenvalue weighted by molar-refractivity contribution is 5.93. The van der Waals surface area contributed by atoms with E-state index in [9.17, 15) is 5.11 Å². The zero-order valence-electron chi connectivity index (χ0n) is 19.9. The van der Waals surface area contributed by atoms with E-state index in [0.29, 0.717) is 5.92 Å². The van der Waals surface area contributed by atoms with Crippen LogP contribution < -0.4 is 4.74 Å². The average Bonchev–Trinajstić information content (AvgIpc) is 3.26. The molecule has 0 radical (unpaired) electrons. The number of nitrogens with one attached hydrogen (secondary N) is 1. The number of likely N-dealkylation sites (tertiary alicyclic amines) is 1. The van der Waals surface area contributed by atoms with Crippen LogP contribution >= 0.6 is 0 Å². The smallest absolute Gasteiger partial charge is 0.147 e. The van der Waals surface area contributed by atoms with E-state index < -0.39 is 0 Å². The topological polar surface area (TPSA) is 87.2 Å². The minimum absolute atomic E-state index is 0.161. The number of piperidine rings is 1. The third-order valence-electron chi connectivity index (χ3n) is 8.30. The number of aryl methyl sites for hydroxylation is 1. The second-order valence-corrected chi connectivity index (χ2v) is 10.3. The van der Waals surface area contributed by atoms with E-state index in [0.717, 1.165) is 77.5 Å². The Labute approximate surface area is 204 Å². The molecule has 4 heterocycles. The van der Waals surface area contributed by atoms with Crippen LogP contribution in [0.4, 0.5) is 0 Å². The molecule has 0 amide bonds. The van der Waals surface area contributed by atoms with Crippen molar-refractivity contribution in [1.29, 1.82) is 0 Å². The lowest BCUT2D eigenvalue weighted by atomic mass is 9.99. The lowest BCUT2D eigenvalue weighted by molar-refractivity contribution is 0.207. The molecule has 7 heteroatoms. The minimum Gasteiger partial charge on any atom is -0.494 e. The molecule has 7 rings (SSSR count). The lowest BCUT2D eigenvalue weighted by Crippen LogP contribution is -2.29. The Morgan fingerprint density at radius 3 is 2.97 bits per heavy atom. The predicted molar refractivity (Wildman–Crippen MR) is 134 cm³/mol. The molecular weight excluding hydrogens is 438 g/mol. The molecule has 2 aliphatic carbocycles. The van der Waals surface area contributed by atoms with Gasteiger partial charge in [0.25, 0.3) is 0 Å². The summed E-state index contributed by atoms with van der Waals surface area (Å²) >= 11 is 0. The van der Waals surface area contributed by atoms with E-state index in [1.54, 1.807) is 7.11 Å². The van der Waals surface area contributed by atoms with Crippen molar-refractivity contribution in [2.45, 2.75) is 31.1 Å². The molecule has 1 aromatic carbocycles. The van der Waals surface area contributed by atoms with Crippen molar-refractivity contribution in [3.8, 4) is 28.3 Å². The standard InChI is InChI=1S/C28H29N5O2/c1-35-23-12-22-27(30-26(23)21-7-3-5-17-4-2-6-20(17)21)25(32-31-22)18-8-9-24(29-14-18)28-13-19(28)15-33(16-28)10-11-34/h3,5,7-9,12,14,19,34H,2,4,6,10-11,13,15-16H2,1H3,(H,31,32)/t19-,28-/m1/s1. The van der Waals surface area contributed by atoms with E-state index >= 15 is 0 Å². The first-order chi connectivity index (χ1) is 17.2. The number of benzene rings is 1. The summed E-state index contributed by atoms with van der Waals surface area (Å²) in [6.45, 7) is 3.01. The van der Waals surface area contributed by atoms with Gasteiger partial charge in [-0.15, -0.1) is 0 Å². The van der Waals surface area contributed by atoms with Gasteiger partial charge in [0.2, 0.25) is 0 Å². The van der Waals surface area contributed by atoms with Crippen LogP contribution in [0, 0.1) is 5.92 Å². The number of hydrogen-bond acceptors (Lipinski definition) is 6. The minimum atomic E-state index is 0.161. The zero-order valence-corrected chi connectivity index (χ0v) is 19.9. The highest BCUT2D eigenvalue weighted by Crippen LogP contribution is 2.58. The molecule has 2 N–H and O–H groups in total. The number of methoxy groups -OCH3 is 1. The van der Waals surface area contributed by atoms with Crippen LogP contribution in [0.25, 0.3) is 33.5 Å². The molecule has 1 saturated heterocycles. The predicted octanol–water partition coefficient (Wildman–Crippen LogP) is 3.75. The van der Waals surface area contributed by atoms with Crippen molar-refractivity contribution in [3.05, 3.63) is 59.4 Å². The zero-order chi connectivity index (χ0) is 23.6. The van der Waals surface area contributed by atoms with Crippen LogP contribution in [0.3, 0.4) is 0 Å². The first-order valence-corrected chi connectivity index (χ1v) is 12.5. The fourth-order valence-electron chi connectivity index (χ4n) is 6.45. The molecule has 3 aromatic heterocycles. The number of pyridine rings is 2. The van der Waals surface area contributed by atoms with Crippen LogP contribution in [0.15, 0.2) is 42.6 Å². The van der Waals surface area contributed by atoms with Crippen LogP contribution in [0.2, 0.25) is 0 Å². The van der Waals surface area contributed by atoms with Crippen molar-refractivity contribution in [2.75, 3.05) is 33.4 Å². The molecule has 1 aliphatic heterocycles. The second-order valence-electron chi connectivity index (χ2n) is 10.3. The number of aliphatic hydroxyl groups excluding tert-OH is 1. The van der Waals surface area contributed by atoms with Gasteiger partial charge in [-0.2, -0.15) is 5.10 Å². The van der Waals surface area contributed by atoms with Gasteiger partial charge in [0.1, 0.15) is 22.7 Å². The summed E-state index contributed by atoms with van der Waals surface area (Å²) in [5.41, 5.74) is 9.62. The lowest BCUT2D eigenvalue weighted by Gasteiger charge is -2.19.